The second-order valence-electron chi connectivity index (χ2n) is 7.56. The summed E-state index contributed by atoms with van der Waals surface area (Å²) in [5.41, 5.74) is 1.79. The third kappa shape index (κ3) is 2.61. The zero-order valence-corrected chi connectivity index (χ0v) is 15.5. The second-order valence-corrected chi connectivity index (χ2v) is 7.56. The maximum Gasteiger partial charge on any atom is 0.262 e. The molecular formula is C21H20FN5O. The fraction of sp³-hybridized carbons (Fsp3) is 0.333. The van der Waals surface area contributed by atoms with Crippen LogP contribution in [-0.4, -0.2) is 24.1 Å². The molecule has 2 atom stereocenters. The number of fused-ring (bicyclic) bond motifs is 2. The minimum atomic E-state index is -0.328. The van der Waals surface area contributed by atoms with Crippen LogP contribution in [0.2, 0.25) is 0 Å². The molecule has 0 unspecified atom stereocenters. The van der Waals surface area contributed by atoms with Gasteiger partial charge in [0, 0.05) is 17.8 Å². The molecule has 0 aliphatic heterocycles. The molecule has 0 N–H and O–H groups in total. The topological polar surface area (TPSA) is 65.1 Å². The van der Waals surface area contributed by atoms with Gasteiger partial charge in [-0.25, -0.2) is 9.37 Å². The molecule has 3 aromatic heterocycles. The van der Waals surface area contributed by atoms with Crippen molar-refractivity contribution in [3.8, 4) is 11.3 Å². The molecule has 0 saturated heterocycles. The number of pyridine rings is 1. The molecule has 0 amide bonds. The van der Waals surface area contributed by atoms with Crippen molar-refractivity contribution in [2.45, 2.75) is 38.6 Å². The van der Waals surface area contributed by atoms with E-state index in [1.54, 1.807) is 16.6 Å². The number of aromatic nitrogens is 5. The first kappa shape index (κ1) is 17.0. The third-order valence-corrected chi connectivity index (χ3v) is 5.84. The Morgan fingerprint density at radius 2 is 1.89 bits per heavy atom. The first-order valence-corrected chi connectivity index (χ1v) is 9.64. The van der Waals surface area contributed by atoms with Crippen LogP contribution in [0.15, 0.2) is 47.7 Å². The van der Waals surface area contributed by atoms with Crippen LogP contribution in [0.25, 0.3) is 27.9 Å². The van der Waals surface area contributed by atoms with Gasteiger partial charge in [0.05, 0.1) is 16.6 Å². The van der Waals surface area contributed by atoms with E-state index in [1.807, 2.05) is 16.8 Å². The minimum Gasteiger partial charge on any atom is -0.311 e. The van der Waals surface area contributed by atoms with Gasteiger partial charge < -0.3 is 4.57 Å². The molecular weight excluding hydrogens is 357 g/mol. The van der Waals surface area contributed by atoms with Gasteiger partial charge in [-0.3, -0.25) is 4.79 Å². The largest absolute Gasteiger partial charge is 0.311 e. The summed E-state index contributed by atoms with van der Waals surface area (Å²) in [6, 6.07) is 8.14. The zero-order valence-electron chi connectivity index (χ0n) is 15.5. The normalized spacial score (nSPS) is 20.1. The average molecular weight is 377 g/mol. The van der Waals surface area contributed by atoms with Crippen molar-refractivity contribution in [2.75, 3.05) is 0 Å². The van der Waals surface area contributed by atoms with Crippen LogP contribution in [0.3, 0.4) is 0 Å². The predicted octanol–water partition coefficient (Wildman–Crippen LogP) is 4.00. The lowest BCUT2D eigenvalue weighted by atomic mass is 9.85. The fourth-order valence-corrected chi connectivity index (χ4v) is 4.38. The molecule has 0 bridgehead atoms. The Bertz CT molecular complexity index is 1230. The summed E-state index contributed by atoms with van der Waals surface area (Å²) in [5.74, 6) is 0.529. The van der Waals surface area contributed by atoms with Crippen LogP contribution in [-0.2, 0) is 0 Å². The Kier molecular flexibility index (Phi) is 3.96. The first-order valence-electron chi connectivity index (χ1n) is 9.64. The molecule has 4 aromatic rings. The van der Waals surface area contributed by atoms with Gasteiger partial charge in [-0.2, -0.15) is 14.6 Å². The maximum atomic E-state index is 13.6. The van der Waals surface area contributed by atoms with Gasteiger partial charge in [0.25, 0.3) is 11.3 Å². The average Bonchev–Trinajstić information content (AvgIpc) is 3.16. The summed E-state index contributed by atoms with van der Waals surface area (Å²) in [7, 11) is 0. The molecule has 1 aliphatic rings. The van der Waals surface area contributed by atoms with Gasteiger partial charge in [0.15, 0.2) is 0 Å². The highest BCUT2D eigenvalue weighted by Gasteiger charge is 2.25. The molecule has 5 rings (SSSR count). The Morgan fingerprint density at radius 1 is 1.11 bits per heavy atom. The molecule has 0 radical (unpaired) electrons. The number of rotatable bonds is 2. The molecule has 0 spiro atoms. The third-order valence-electron chi connectivity index (χ3n) is 5.84. The number of benzene rings is 1. The summed E-state index contributed by atoms with van der Waals surface area (Å²) < 4.78 is 16.9. The van der Waals surface area contributed by atoms with Crippen LogP contribution in [0.4, 0.5) is 4.39 Å². The van der Waals surface area contributed by atoms with Crippen LogP contribution >= 0.6 is 0 Å². The van der Waals surface area contributed by atoms with Crippen molar-refractivity contribution >= 4 is 16.7 Å². The lowest BCUT2D eigenvalue weighted by molar-refractivity contribution is 0.253. The summed E-state index contributed by atoms with van der Waals surface area (Å²) in [6.07, 6.45) is 7.73. The molecule has 1 aliphatic carbocycles. The van der Waals surface area contributed by atoms with Crippen LogP contribution in [0, 0.1) is 11.7 Å². The highest BCUT2D eigenvalue weighted by atomic mass is 19.1. The number of hydrogen-bond donors (Lipinski definition) is 0. The molecule has 142 valence electrons. The zero-order chi connectivity index (χ0) is 19.3. The molecule has 6 nitrogen and oxygen atoms in total. The van der Waals surface area contributed by atoms with E-state index in [-0.39, 0.29) is 17.4 Å². The summed E-state index contributed by atoms with van der Waals surface area (Å²) in [5, 5.41) is 4.76. The Balaban J connectivity index is 1.84. The van der Waals surface area contributed by atoms with Gasteiger partial charge in [-0.15, -0.1) is 0 Å². The Morgan fingerprint density at radius 3 is 2.68 bits per heavy atom. The molecule has 7 heteroatoms. The van der Waals surface area contributed by atoms with Gasteiger partial charge >= 0.3 is 0 Å². The van der Waals surface area contributed by atoms with Crippen LogP contribution in [0.5, 0.6) is 0 Å². The van der Waals surface area contributed by atoms with E-state index in [9.17, 15) is 9.18 Å². The standard InChI is InChI=1S/C21H20FN5O/c1-13-4-2-3-5-17(13)26-11-10-16-18(20(26)28)19(14-6-8-15(22)9-7-14)27-21(25-16)23-12-24-27/h6-13,17H,2-5H2,1H3/t13-,17+/m1/s1. The minimum absolute atomic E-state index is 0.0829. The van der Waals surface area contributed by atoms with E-state index in [4.69, 9.17) is 0 Å². The number of hydrogen-bond acceptors (Lipinski definition) is 4. The van der Waals surface area contributed by atoms with Gasteiger partial charge in [0.1, 0.15) is 12.1 Å². The SMILES string of the molecule is C[C@@H]1CCCC[C@@H]1n1ccc2nc3ncnn3c(-c3ccc(F)cc3)c2c1=O. The molecule has 1 aromatic carbocycles. The summed E-state index contributed by atoms with van der Waals surface area (Å²) >= 11 is 0. The Hall–Kier alpha value is -3.09. The van der Waals surface area contributed by atoms with Crippen molar-refractivity contribution in [3.05, 3.63) is 59.0 Å². The van der Waals surface area contributed by atoms with E-state index < -0.39 is 0 Å². The second kappa shape index (κ2) is 6.51. The molecule has 1 fully saturated rings. The quantitative estimate of drug-likeness (QED) is 0.530. The van der Waals surface area contributed by atoms with Gasteiger partial charge in [0.2, 0.25) is 0 Å². The Labute approximate surface area is 160 Å². The van der Waals surface area contributed by atoms with E-state index in [1.165, 1.54) is 24.9 Å². The van der Waals surface area contributed by atoms with Gasteiger partial charge in [-0.05, 0) is 49.1 Å². The molecule has 3 heterocycles. The summed E-state index contributed by atoms with van der Waals surface area (Å²) in [4.78, 5) is 22.3. The monoisotopic (exact) mass is 377 g/mol. The highest BCUT2D eigenvalue weighted by molar-refractivity contribution is 5.93. The molecule has 28 heavy (non-hydrogen) atoms. The lowest BCUT2D eigenvalue weighted by Crippen LogP contribution is -2.30. The summed E-state index contributed by atoms with van der Waals surface area (Å²) in [6.45, 7) is 2.21. The highest BCUT2D eigenvalue weighted by Crippen LogP contribution is 2.33. The first-order chi connectivity index (χ1) is 13.6. The number of nitrogens with zero attached hydrogens (tertiary/aromatic N) is 5. The van der Waals surface area contributed by atoms with Gasteiger partial charge in [-0.1, -0.05) is 19.8 Å². The fourth-order valence-electron chi connectivity index (χ4n) is 4.38. The van der Waals surface area contributed by atoms with Crippen LogP contribution in [0.1, 0.15) is 38.6 Å². The van der Waals surface area contributed by atoms with Crippen molar-refractivity contribution in [3.63, 3.8) is 0 Å². The lowest BCUT2D eigenvalue weighted by Gasteiger charge is -2.30. The smallest absolute Gasteiger partial charge is 0.262 e. The van der Waals surface area contributed by atoms with E-state index in [0.717, 1.165) is 19.3 Å². The number of halogens is 1. The van der Waals surface area contributed by atoms with E-state index in [2.05, 4.69) is 22.0 Å². The molecule has 1 saturated carbocycles. The van der Waals surface area contributed by atoms with Crippen molar-refractivity contribution in [1.82, 2.24) is 24.1 Å². The van der Waals surface area contributed by atoms with E-state index in [0.29, 0.717) is 33.9 Å². The van der Waals surface area contributed by atoms with Crippen molar-refractivity contribution < 1.29 is 4.39 Å². The predicted molar refractivity (Wildman–Crippen MR) is 105 cm³/mol. The van der Waals surface area contributed by atoms with Crippen LogP contribution < -0.4 is 5.56 Å². The maximum absolute atomic E-state index is 13.6. The van der Waals surface area contributed by atoms with E-state index >= 15 is 0 Å². The van der Waals surface area contributed by atoms with Crippen molar-refractivity contribution in [1.29, 1.82) is 0 Å². The van der Waals surface area contributed by atoms with Crippen molar-refractivity contribution in [2.24, 2.45) is 5.92 Å².